The van der Waals surface area contributed by atoms with Crippen LogP contribution >= 0.6 is 11.3 Å². The van der Waals surface area contributed by atoms with Crippen LogP contribution in [0.5, 0.6) is 0 Å². The van der Waals surface area contributed by atoms with Gasteiger partial charge in [0.05, 0.1) is 0 Å². The molecule has 0 saturated heterocycles. The van der Waals surface area contributed by atoms with Gasteiger partial charge in [-0.05, 0) is 23.6 Å². The highest BCUT2D eigenvalue weighted by Crippen LogP contribution is 2.33. The molecule has 1 atom stereocenters. The Morgan fingerprint density at radius 3 is 2.50 bits per heavy atom. The summed E-state index contributed by atoms with van der Waals surface area (Å²) in [6, 6.07) is 16.1. The Morgan fingerprint density at radius 1 is 1.00 bits per heavy atom. The van der Waals surface area contributed by atoms with Crippen LogP contribution < -0.4 is 0 Å². The second-order valence-corrected chi connectivity index (χ2v) is 5.23. The molecule has 0 amide bonds. The molecule has 0 radical (unpaired) electrons. The van der Waals surface area contributed by atoms with E-state index in [0.29, 0.717) is 5.56 Å². The maximum atomic E-state index is 13.6. The molecule has 18 heavy (non-hydrogen) atoms. The van der Waals surface area contributed by atoms with Crippen LogP contribution in [0.25, 0.3) is 10.1 Å². The van der Waals surface area contributed by atoms with Gasteiger partial charge in [-0.25, -0.2) is 4.39 Å². The number of hydrogen-bond donors (Lipinski definition) is 1. The molecule has 2 aromatic carbocycles. The van der Waals surface area contributed by atoms with Crippen LogP contribution in [-0.4, -0.2) is 5.11 Å². The highest BCUT2D eigenvalue weighted by molar-refractivity contribution is 7.19. The smallest absolute Gasteiger partial charge is 0.129 e. The van der Waals surface area contributed by atoms with Gasteiger partial charge in [0.15, 0.2) is 0 Å². The van der Waals surface area contributed by atoms with Crippen LogP contribution in [0.2, 0.25) is 0 Å². The lowest BCUT2D eigenvalue weighted by molar-refractivity contribution is 0.219. The molecule has 0 spiro atoms. The number of halogens is 1. The van der Waals surface area contributed by atoms with E-state index < -0.39 is 6.10 Å². The number of benzene rings is 2. The van der Waals surface area contributed by atoms with E-state index in [-0.39, 0.29) is 5.82 Å². The highest BCUT2D eigenvalue weighted by atomic mass is 32.1. The second-order valence-electron chi connectivity index (χ2n) is 4.11. The summed E-state index contributed by atoms with van der Waals surface area (Å²) in [5.74, 6) is -0.373. The molecule has 3 heteroatoms. The molecule has 0 saturated carbocycles. The van der Waals surface area contributed by atoms with Crippen molar-refractivity contribution in [3.8, 4) is 0 Å². The van der Waals surface area contributed by atoms with Gasteiger partial charge < -0.3 is 5.11 Å². The van der Waals surface area contributed by atoms with E-state index in [4.69, 9.17) is 0 Å². The Balaban J connectivity index is 2.07. The zero-order valence-corrected chi connectivity index (χ0v) is 10.3. The molecule has 3 rings (SSSR count). The molecular weight excluding hydrogens is 247 g/mol. The van der Waals surface area contributed by atoms with Crippen LogP contribution in [0.4, 0.5) is 4.39 Å². The average molecular weight is 258 g/mol. The van der Waals surface area contributed by atoms with E-state index in [1.807, 2.05) is 30.3 Å². The number of thiophene rings is 1. The number of aliphatic hydroxyl groups is 1. The topological polar surface area (TPSA) is 20.2 Å². The Bertz CT molecular complexity index is 657. The van der Waals surface area contributed by atoms with E-state index in [0.717, 1.165) is 15.0 Å². The third kappa shape index (κ3) is 1.92. The SMILES string of the molecule is OC(c1cc2ccccc2s1)c1ccccc1F. The molecule has 1 heterocycles. The van der Waals surface area contributed by atoms with Gasteiger partial charge in [0.2, 0.25) is 0 Å². The zero-order valence-electron chi connectivity index (χ0n) is 9.51. The summed E-state index contributed by atoms with van der Waals surface area (Å²) in [5, 5.41) is 11.3. The fourth-order valence-corrected chi connectivity index (χ4v) is 3.06. The monoisotopic (exact) mass is 258 g/mol. The molecule has 0 aliphatic heterocycles. The van der Waals surface area contributed by atoms with Crippen LogP contribution in [0, 0.1) is 5.82 Å². The summed E-state index contributed by atoms with van der Waals surface area (Å²) >= 11 is 1.49. The van der Waals surface area contributed by atoms with Gasteiger partial charge in [-0.1, -0.05) is 36.4 Å². The van der Waals surface area contributed by atoms with E-state index in [9.17, 15) is 9.50 Å². The van der Waals surface area contributed by atoms with E-state index >= 15 is 0 Å². The number of hydrogen-bond acceptors (Lipinski definition) is 2. The van der Waals surface area contributed by atoms with Gasteiger partial charge in [0, 0.05) is 15.1 Å². The van der Waals surface area contributed by atoms with Gasteiger partial charge in [0.1, 0.15) is 11.9 Å². The Hall–Kier alpha value is -1.71. The number of aliphatic hydroxyl groups excluding tert-OH is 1. The van der Waals surface area contributed by atoms with Gasteiger partial charge in [0.25, 0.3) is 0 Å². The third-order valence-corrected chi connectivity index (χ3v) is 4.08. The molecule has 1 unspecified atom stereocenters. The lowest BCUT2D eigenvalue weighted by Gasteiger charge is -2.09. The van der Waals surface area contributed by atoms with Crippen molar-refractivity contribution in [2.75, 3.05) is 0 Å². The molecule has 1 nitrogen and oxygen atoms in total. The third-order valence-electron chi connectivity index (χ3n) is 2.91. The van der Waals surface area contributed by atoms with Gasteiger partial charge in [-0.15, -0.1) is 11.3 Å². The standard InChI is InChI=1S/C15H11FOS/c16-12-7-3-2-6-11(12)15(17)14-9-10-5-1-4-8-13(10)18-14/h1-9,15,17H. The first-order valence-corrected chi connectivity index (χ1v) is 6.48. The van der Waals surface area contributed by atoms with Gasteiger partial charge in [-0.3, -0.25) is 0 Å². The van der Waals surface area contributed by atoms with Crippen LogP contribution in [0.1, 0.15) is 16.5 Å². The highest BCUT2D eigenvalue weighted by Gasteiger charge is 2.16. The van der Waals surface area contributed by atoms with Crippen molar-refractivity contribution in [1.82, 2.24) is 0 Å². The van der Waals surface area contributed by atoms with Gasteiger partial charge >= 0.3 is 0 Å². The van der Waals surface area contributed by atoms with Gasteiger partial charge in [-0.2, -0.15) is 0 Å². The Kier molecular flexibility index (Phi) is 2.86. The summed E-state index contributed by atoms with van der Waals surface area (Å²) in [7, 11) is 0. The lowest BCUT2D eigenvalue weighted by Crippen LogP contribution is -1.99. The summed E-state index contributed by atoms with van der Waals surface area (Å²) in [6.45, 7) is 0. The lowest BCUT2D eigenvalue weighted by atomic mass is 10.1. The molecular formula is C15H11FOS. The number of rotatable bonds is 2. The molecule has 90 valence electrons. The quantitative estimate of drug-likeness (QED) is 0.733. The fourth-order valence-electron chi connectivity index (χ4n) is 1.99. The summed E-state index contributed by atoms with van der Waals surface area (Å²) in [5.41, 5.74) is 0.323. The molecule has 1 N–H and O–H groups in total. The van der Waals surface area contributed by atoms with E-state index in [1.165, 1.54) is 17.4 Å². The Labute approximate surface area is 108 Å². The van der Waals surface area contributed by atoms with Crippen LogP contribution in [-0.2, 0) is 0 Å². The molecule has 0 bridgehead atoms. The molecule has 0 aliphatic rings. The normalized spacial score (nSPS) is 12.8. The van der Waals surface area contributed by atoms with Crippen molar-refractivity contribution in [3.63, 3.8) is 0 Å². The molecule has 1 aromatic heterocycles. The zero-order chi connectivity index (χ0) is 12.5. The van der Waals surface area contributed by atoms with Crippen LogP contribution in [0.3, 0.4) is 0 Å². The van der Waals surface area contributed by atoms with E-state index in [2.05, 4.69) is 0 Å². The van der Waals surface area contributed by atoms with Crippen molar-refractivity contribution in [3.05, 3.63) is 70.9 Å². The summed E-state index contributed by atoms with van der Waals surface area (Å²) in [4.78, 5) is 0.765. The largest absolute Gasteiger partial charge is 0.383 e. The number of fused-ring (bicyclic) bond motifs is 1. The minimum absolute atomic E-state index is 0.323. The average Bonchev–Trinajstić information content (AvgIpc) is 2.82. The fraction of sp³-hybridized carbons (Fsp3) is 0.0667. The van der Waals surface area contributed by atoms with E-state index in [1.54, 1.807) is 18.2 Å². The minimum Gasteiger partial charge on any atom is -0.383 e. The maximum Gasteiger partial charge on any atom is 0.129 e. The predicted molar refractivity (Wildman–Crippen MR) is 72.3 cm³/mol. The van der Waals surface area contributed by atoms with Crippen molar-refractivity contribution < 1.29 is 9.50 Å². The van der Waals surface area contributed by atoms with Crippen molar-refractivity contribution in [1.29, 1.82) is 0 Å². The maximum absolute atomic E-state index is 13.6. The van der Waals surface area contributed by atoms with Crippen molar-refractivity contribution in [2.45, 2.75) is 6.10 Å². The second kappa shape index (κ2) is 4.52. The Morgan fingerprint density at radius 2 is 1.72 bits per heavy atom. The molecule has 0 fully saturated rings. The first kappa shape index (κ1) is 11.4. The van der Waals surface area contributed by atoms with Crippen LogP contribution in [0.15, 0.2) is 54.6 Å². The predicted octanol–water partition coefficient (Wildman–Crippen LogP) is 4.12. The van der Waals surface area contributed by atoms with Crippen molar-refractivity contribution >= 4 is 21.4 Å². The summed E-state index contributed by atoms with van der Waals surface area (Å²) < 4.78 is 14.7. The molecule has 3 aromatic rings. The molecule has 0 aliphatic carbocycles. The first-order valence-electron chi connectivity index (χ1n) is 5.66. The van der Waals surface area contributed by atoms with Crippen molar-refractivity contribution in [2.24, 2.45) is 0 Å². The first-order chi connectivity index (χ1) is 8.75. The summed E-state index contributed by atoms with van der Waals surface area (Å²) in [6.07, 6.45) is -0.899. The minimum atomic E-state index is -0.899.